The molecule has 19 heavy (non-hydrogen) atoms. The molecule has 1 fully saturated rings. The zero-order chi connectivity index (χ0) is 14.0. The lowest BCUT2D eigenvalue weighted by Crippen LogP contribution is -2.33. The van der Waals surface area contributed by atoms with Gasteiger partial charge in [-0.05, 0) is 30.8 Å². The fraction of sp³-hybridized carbons (Fsp3) is 0.615. The third kappa shape index (κ3) is 4.19. The SMILES string of the molecule is CC12CC1=CCC=C=C(Cl)CN(S(=O)O)CC(Cl)C2. The van der Waals surface area contributed by atoms with E-state index in [1.54, 1.807) is 0 Å². The zero-order valence-corrected chi connectivity index (χ0v) is 13.1. The Morgan fingerprint density at radius 2 is 2.37 bits per heavy atom. The molecule has 0 aromatic carbocycles. The molecule has 0 amide bonds. The molecule has 3 nitrogen and oxygen atoms in total. The average molecular weight is 322 g/mol. The maximum absolute atomic E-state index is 11.3. The van der Waals surface area contributed by atoms with E-state index in [0.29, 0.717) is 11.6 Å². The van der Waals surface area contributed by atoms with Gasteiger partial charge >= 0.3 is 0 Å². The van der Waals surface area contributed by atoms with Crippen LogP contribution in [0.2, 0.25) is 0 Å². The van der Waals surface area contributed by atoms with Crippen molar-refractivity contribution in [2.45, 2.75) is 31.6 Å². The predicted octanol–water partition coefficient (Wildman–Crippen LogP) is 3.44. The lowest BCUT2D eigenvalue weighted by molar-refractivity contribution is 0.395. The number of hydrogen-bond acceptors (Lipinski definition) is 1. The number of fused-ring (bicyclic) bond motifs is 1. The topological polar surface area (TPSA) is 40.5 Å². The molecule has 3 unspecified atom stereocenters. The summed E-state index contributed by atoms with van der Waals surface area (Å²) in [7, 11) is 0. The predicted molar refractivity (Wildman–Crippen MR) is 79.5 cm³/mol. The Balaban J connectivity index is 2.20. The molecule has 3 atom stereocenters. The van der Waals surface area contributed by atoms with Crippen LogP contribution in [0.15, 0.2) is 28.5 Å². The van der Waals surface area contributed by atoms with E-state index in [0.717, 1.165) is 19.3 Å². The van der Waals surface area contributed by atoms with Gasteiger partial charge in [0.15, 0.2) is 0 Å². The zero-order valence-electron chi connectivity index (χ0n) is 10.7. The van der Waals surface area contributed by atoms with Gasteiger partial charge in [-0.25, -0.2) is 4.21 Å². The van der Waals surface area contributed by atoms with Crippen molar-refractivity contribution in [2.24, 2.45) is 5.41 Å². The second kappa shape index (κ2) is 6.13. The Morgan fingerprint density at radius 3 is 3.05 bits per heavy atom. The highest BCUT2D eigenvalue weighted by molar-refractivity contribution is 7.76. The van der Waals surface area contributed by atoms with Crippen LogP contribution in [0.1, 0.15) is 26.2 Å². The first-order chi connectivity index (χ1) is 8.90. The van der Waals surface area contributed by atoms with Crippen LogP contribution in [-0.4, -0.2) is 31.5 Å². The monoisotopic (exact) mass is 321 g/mol. The van der Waals surface area contributed by atoms with E-state index in [9.17, 15) is 8.76 Å². The number of hydrogen-bond donors (Lipinski definition) is 1. The molecule has 0 saturated heterocycles. The molecule has 0 aromatic heterocycles. The van der Waals surface area contributed by atoms with Crippen LogP contribution in [0.3, 0.4) is 0 Å². The van der Waals surface area contributed by atoms with E-state index in [1.165, 1.54) is 9.88 Å². The van der Waals surface area contributed by atoms with Crippen LogP contribution in [0.25, 0.3) is 0 Å². The van der Waals surface area contributed by atoms with E-state index in [-0.39, 0.29) is 17.3 Å². The summed E-state index contributed by atoms with van der Waals surface area (Å²) in [6.45, 7) is 2.72. The van der Waals surface area contributed by atoms with E-state index in [4.69, 9.17) is 23.2 Å². The highest BCUT2D eigenvalue weighted by Gasteiger charge is 2.44. The Kier molecular flexibility index (Phi) is 4.93. The van der Waals surface area contributed by atoms with Crippen LogP contribution in [-0.2, 0) is 11.3 Å². The Morgan fingerprint density at radius 1 is 1.63 bits per heavy atom. The summed E-state index contributed by atoms with van der Waals surface area (Å²) in [6.07, 6.45) is 6.72. The fourth-order valence-electron chi connectivity index (χ4n) is 2.43. The van der Waals surface area contributed by atoms with Crippen molar-refractivity contribution in [3.05, 3.63) is 28.5 Å². The molecule has 0 radical (unpaired) electrons. The molecule has 0 spiro atoms. The summed E-state index contributed by atoms with van der Waals surface area (Å²) in [5, 5.41) is 0.253. The van der Waals surface area contributed by atoms with Gasteiger partial charge in [-0.2, -0.15) is 4.31 Å². The Labute approximate surface area is 126 Å². The summed E-state index contributed by atoms with van der Waals surface area (Å²) >= 11 is 10.2. The highest BCUT2D eigenvalue weighted by Crippen LogP contribution is 2.55. The van der Waals surface area contributed by atoms with Gasteiger partial charge in [-0.15, -0.1) is 17.3 Å². The molecule has 2 aliphatic rings. The number of halogens is 2. The lowest BCUT2D eigenvalue weighted by Gasteiger charge is -2.22. The van der Waals surface area contributed by atoms with Gasteiger partial charge in [0.2, 0.25) is 11.3 Å². The van der Waals surface area contributed by atoms with Crippen molar-refractivity contribution in [1.82, 2.24) is 4.31 Å². The summed E-state index contributed by atoms with van der Waals surface area (Å²) in [5.41, 5.74) is 4.50. The van der Waals surface area contributed by atoms with Crippen LogP contribution in [0.4, 0.5) is 0 Å². The summed E-state index contributed by atoms with van der Waals surface area (Å²) in [5.74, 6) is 0. The molecule has 6 heteroatoms. The third-order valence-corrected chi connectivity index (χ3v) is 4.82. The van der Waals surface area contributed by atoms with E-state index in [2.05, 4.69) is 18.7 Å². The molecule has 0 aromatic rings. The number of allylic oxidation sites excluding steroid dienone is 2. The first kappa shape index (κ1) is 15.3. The number of rotatable bonds is 1. The second-order valence-corrected chi connectivity index (χ2v) is 7.36. The largest absolute Gasteiger partial charge is 0.294 e. The lowest BCUT2D eigenvalue weighted by atomic mass is 10.0. The summed E-state index contributed by atoms with van der Waals surface area (Å²) < 4.78 is 21.9. The smallest absolute Gasteiger partial charge is 0.234 e. The molecule has 1 heterocycles. The van der Waals surface area contributed by atoms with E-state index in [1.807, 2.05) is 6.08 Å². The minimum atomic E-state index is -2.07. The van der Waals surface area contributed by atoms with Crippen molar-refractivity contribution in [2.75, 3.05) is 13.1 Å². The van der Waals surface area contributed by atoms with Gasteiger partial charge in [-0.1, -0.05) is 30.2 Å². The summed E-state index contributed by atoms with van der Waals surface area (Å²) in [4.78, 5) is 0. The van der Waals surface area contributed by atoms with Crippen LogP contribution >= 0.6 is 23.2 Å². The third-order valence-electron chi connectivity index (χ3n) is 3.58. The van der Waals surface area contributed by atoms with Crippen molar-refractivity contribution in [3.63, 3.8) is 0 Å². The molecule has 1 aliphatic heterocycles. The molecule has 2 rings (SSSR count). The first-order valence-electron chi connectivity index (χ1n) is 6.20. The van der Waals surface area contributed by atoms with Gasteiger partial charge in [0.05, 0.1) is 11.6 Å². The van der Waals surface area contributed by atoms with Crippen LogP contribution < -0.4 is 0 Å². The normalized spacial score (nSPS) is 34.4. The molecular formula is C13H17Cl2NO2S. The van der Waals surface area contributed by atoms with Crippen molar-refractivity contribution in [1.29, 1.82) is 0 Å². The van der Waals surface area contributed by atoms with Crippen LogP contribution in [0.5, 0.6) is 0 Å². The van der Waals surface area contributed by atoms with E-state index >= 15 is 0 Å². The average Bonchev–Trinajstić information content (AvgIpc) is 2.92. The Hall–Kier alpha value is -0.0900. The van der Waals surface area contributed by atoms with Crippen molar-refractivity contribution in [3.8, 4) is 0 Å². The van der Waals surface area contributed by atoms with Crippen molar-refractivity contribution >= 4 is 34.5 Å². The van der Waals surface area contributed by atoms with E-state index < -0.39 is 11.3 Å². The number of nitrogens with zero attached hydrogens (tertiary/aromatic N) is 1. The van der Waals surface area contributed by atoms with Gasteiger partial charge in [-0.3, -0.25) is 4.55 Å². The maximum Gasteiger partial charge on any atom is 0.234 e. The second-order valence-electron chi connectivity index (χ2n) is 5.31. The molecular weight excluding hydrogens is 305 g/mol. The minimum absolute atomic E-state index is 0.162. The van der Waals surface area contributed by atoms with Crippen molar-refractivity contribution < 1.29 is 8.76 Å². The van der Waals surface area contributed by atoms with Gasteiger partial charge in [0, 0.05) is 11.9 Å². The molecule has 1 saturated carbocycles. The molecule has 0 bridgehead atoms. The first-order valence-corrected chi connectivity index (χ1v) is 8.07. The molecule has 1 N–H and O–H groups in total. The fourth-order valence-corrected chi connectivity index (χ4v) is 3.86. The standard InChI is InChI=1S/C13H17Cl2NO2S/c1-13-6-10(13)4-2-3-5-11(14)8-16(19(17)18)9-12(15)7-13/h3-4,12H,2,6-9H2,1H3,(H,17,18). The van der Waals surface area contributed by atoms with Gasteiger partial charge in [0.1, 0.15) is 0 Å². The van der Waals surface area contributed by atoms with Gasteiger partial charge < -0.3 is 0 Å². The molecule has 1 aliphatic carbocycles. The quantitative estimate of drug-likeness (QED) is 0.348. The minimum Gasteiger partial charge on any atom is -0.294 e. The highest BCUT2D eigenvalue weighted by atomic mass is 35.5. The summed E-state index contributed by atoms with van der Waals surface area (Å²) in [6, 6.07) is 0. The molecule has 106 valence electrons. The maximum atomic E-state index is 11.3. The number of alkyl halides is 1. The van der Waals surface area contributed by atoms with Gasteiger partial charge in [0.25, 0.3) is 0 Å². The van der Waals surface area contributed by atoms with Crippen LogP contribution in [0, 0.1) is 5.41 Å². The Bertz CT molecular complexity index is 485.